The number of methoxy groups -OCH3 is 2. The molecule has 292 valence electrons. The molecule has 3 aromatic carbocycles. The van der Waals surface area contributed by atoms with Crippen LogP contribution in [0.15, 0.2) is 94.6 Å². The largest absolute Gasteiger partial charge is 0.497 e. The average Bonchev–Trinajstić information content (AvgIpc) is 3.19. The topological polar surface area (TPSA) is 154 Å². The number of aromatic nitrogens is 2. The van der Waals surface area contributed by atoms with Crippen LogP contribution in [0.2, 0.25) is 0 Å². The van der Waals surface area contributed by atoms with Gasteiger partial charge >= 0.3 is 5.69 Å². The molecule has 1 N–H and O–H groups in total. The van der Waals surface area contributed by atoms with E-state index >= 15 is 0 Å². The molecule has 14 heteroatoms. The second-order valence-electron chi connectivity index (χ2n) is 13.9. The van der Waals surface area contributed by atoms with Gasteiger partial charge in [0, 0.05) is 23.8 Å². The molecule has 1 aliphatic rings. The quantitative estimate of drug-likeness (QED) is 0.0800. The first-order valence-electron chi connectivity index (χ1n) is 18.0. The first-order chi connectivity index (χ1) is 26.4. The summed E-state index contributed by atoms with van der Waals surface area (Å²) in [6.45, 7) is 9.36. The van der Waals surface area contributed by atoms with E-state index in [2.05, 4.69) is 9.65 Å². The number of nitrogens with one attached hydrogen (secondary N) is 1. The molecule has 1 aromatic heterocycles. The van der Waals surface area contributed by atoms with Crippen LogP contribution in [0.4, 0.5) is 0 Å². The highest BCUT2D eigenvalue weighted by Gasteiger charge is 2.46. The van der Waals surface area contributed by atoms with E-state index in [1.165, 1.54) is 10.8 Å². The molecule has 13 nitrogen and oxygen atoms in total. The van der Waals surface area contributed by atoms with Gasteiger partial charge in [-0.1, -0.05) is 54.6 Å². The monoisotopic (exact) mass is 772 g/mol. The van der Waals surface area contributed by atoms with E-state index in [9.17, 15) is 19.6 Å². The summed E-state index contributed by atoms with van der Waals surface area (Å²) in [5.74, 6) is 0.733. The van der Waals surface area contributed by atoms with Gasteiger partial charge in [-0.3, -0.25) is 23.8 Å². The van der Waals surface area contributed by atoms with Gasteiger partial charge in [0.05, 0.1) is 46.8 Å². The van der Waals surface area contributed by atoms with E-state index in [0.29, 0.717) is 17.1 Å². The Labute approximate surface area is 322 Å². The fourth-order valence-electron chi connectivity index (χ4n) is 6.80. The number of H-pyrrole nitrogens is 1. The minimum Gasteiger partial charge on any atom is -0.497 e. The van der Waals surface area contributed by atoms with Crippen LogP contribution in [0, 0.1) is 18.3 Å². The maximum atomic E-state index is 13.2. The van der Waals surface area contributed by atoms with Crippen LogP contribution in [0.5, 0.6) is 11.5 Å². The molecule has 4 aromatic rings. The van der Waals surface area contributed by atoms with E-state index in [1.54, 1.807) is 27.2 Å². The van der Waals surface area contributed by atoms with Gasteiger partial charge in [0.15, 0.2) is 6.23 Å². The van der Waals surface area contributed by atoms with Gasteiger partial charge in [-0.05, 0) is 75.6 Å². The minimum atomic E-state index is -1.64. The number of ketones is 1. The van der Waals surface area contributed by atoms with Gasteiger partial charge in [0.2, 0.25) is 5.78 Å². The van der Waals surface area contributed by atoms with Crippen molar-refractivity contribution in [3.05, 3.63) is 128 Å². The molecule has 0 saturated carbocycles. The molecule has 0 spiro atoms. The van der Waals surface area contributed by atoms with Crippen molar-refractivity contribution >= 4 is 14.1 Å². The molecule has 3 atom stereocenters. The highest BCUT2D eigenvalue weighted by molar-refractivity contribution is 7.51. The molecule has 1 fully saturated rings. The predicted octanol–water partition coefficient (Wildman–Crippen LogP) is 5.70. The number of carbonyl (C=O) groups excluding carboxylic acids is 1. The van der Waals surface area contributed by atoms with Gasteiger partial charge in [-0.15, -0.1) is 0 Å². The van der Waals surface area contributed by atoms with Crippen molar-refractivity contribution in [3.63, 3.8) is 0 Å². The zero-order valence-electron chi connectivity index (χ0n) is 32.3. The lowest BCUT2D eigenvalue weighted by Gasteiger charge is -2.45. The summed E-state index contributed by atoms with van der Waals surface area (Å²) in [5, 5.41) is 9.50. The van der Waals surface area contributed by atoms with E-state index in [1.807, 2.05) is 107 Å². The lowest BCUT2D eigenvalue weighted by atomic mass is 9.79. The summed E-state index contributed by atoms with van der Waals surface area (Å²) < 4.78 is 41.5. The number of nitrogens with zero attached hydrogens (tertiary/aromatic N) is 3. The minimum absolute atomic E-state index is 0.000276. The Bertz CT molecular complexity index is 1990. The number of hydrogen-bond donors (Lipinski definition) is 1. The number of Topliss-reactive ketones (excluding diaryl/α,β-unsaturated/α-hetero) is 1. The molecule has 0 amide bonds. The first kappa shape index (κ1) is 41.5. The molecule has 1 aliphatic heterocycles. The van der Waals surface area contributed by atoms with Crippen molar-refractivity contribution in [2.45, 2.75) is 64.1 Å². The predicted molar refractivity (Wildman–Crippen MR) is 208 cm³/mol. The third kappa shape index (κ3) is 9.42. The van der Waals surface area contributed by atoms with Gasteiger partial charge in [0.25, 0.3) is 5.56 Å². The lowest BCUT2D eigenvalue weighted by Crippen LogP contribution is -2.55. The maximum absolute atomic E-state index is 13.2. The Balaban J connectivity index is 1.66. The van der Waals surface area contributed by atoms with Crippen molar-refractivity contribution in [1.29, 1.82) is 5.26 Å². The summed E-state index contributed by atoms with van der Waals surface area (Å²) in [4.78, 5) is 40.5. The number of benzene rings is 3. The highest BCUT2D eigenvalue weighted by atomic mass is 31.2. The number of aryl methyl sites for hydroxylation is 1. The number of rotatable bonds is 17. The van der Waals surface area contributed by atoms with E-state index in [0.717, 1.165) is 16.7 Å². The molecule has 0 radical (unpaired) electrons. The van der Waals surface area contributed by atoms with E-state index in [-0.39, 0.29) is 44.7 Å². The summed E-state index contributed by atoms with van der Waals surface area (Å²) in [7, 11) is 1.57. The summed E-state index contributed by atoms with van der Waals surface area (Å²) >= 11 is 0. The van der Waals surface area contributed by atoms with Crippen LogP contribution in [0.1, 0.15) is 56.2 Å². The Morgan fingerprint density at radius 2 is 1.51 bits per heavy atom. The number of ether oxygens (including phenoxy) is 5. The second-order valence-corrected chi connectivity index (χ2v) is 15.7. The van der Waals surface area contributed by atoms with Crippen LogP contribution >= 0.6 is 8.30 Å². The lowest BCUT2D eigenvalue weighted by molar-refractivity contribution is -0.258. The number of aromatic amines is 1. The standard InChI is InChI=1S/C41H49N4O9P/c1-28(2)45(29(3)4)55(24-34(46)21-42)53-27-40(25-51-23-37(54-40)44-22-30(5)38(47)43-39(44)48)26-52-41(31-11-9-8-10-12-31,32-13-17-35(49-6)18-14-32)33-15-19-36(50-7)20-16-33/h8-20,22,28-29,37H,23-27H2,1-7H3,(H,43,47,48)/t37-,40+,55?/m1/s1. The molecule has 1 unspecified atom stereocenters. The second kappa shape index (κ2) is 18.3. The molecular weight excluding hydrogens is 723 g/mol. The van der Waals surface area contributed by atoms with Gasteiger partial charge in [-0.25, -0.2) is 4.79 Å². The van der Waals surface area contributed by atoms with E-state index < -0.39 is 42.8 Å². The SMILES string of the molecule is COc1ccc(C(OC[C@]2(COP(CC(=O)C#N)N(C(C)C)C(C)C)COC[C@H](n3cc(C)c(=O)[nH]c3=O)O2)(c2ccccc2)c2ccc(OC)cc2)cc1. The zero-order valence-corrected chi connectivity index (χ0v) is 33.2. The van der Waals surface area contributed by atoms with Crippen LogP contribution < -0.4 is 20.7 Å². The molecule has 0 bridgehead atoms. The van der Waals surface area contributed by atoms with Crippen LogP contribution in [0.3, 0.4) is 0 Å². The molecule has 0 aliphatic carbocycles. The maximum Gasteiger partial charge on any atom is 0.330 e. The highest BCUT2D eigenvalue weighted by Crippen LogP contribution is 2.47. The normalized spacial score (nSPS) is 17.9. The Morgan fingerprint density at radius 3 is 2.04 bits per heavy atom. The smallest absolute Gasteiger partial charge is 0.330 e. The molecule has 55 heavy (non-hydrogen) atoms. The Kier molecular flexibility index (Phi) is 13.8. The van der Waals surface area contributed by atoms with Crippen molar-refractivity contribution in [3.8, 4) is 17.6 Å². The van der Waals surface area contributed by atoms with Crippen molar-refractivity contribution in [2.75, 3.05) is 46.8 Å². The molecule has 1 saturated heterocycles. The van der Waals surface area contributed by atoms with Crippen LogP contribution in [0.25, 0.3) is 0 Å². The van der Waals surface area contributed by atoms with E-state index in [4.69, 9.17) is 28.2 Å². The van der Waals surface area contributed by atoms with Gasteiger partial charge < -0.3 is 28.2 Å². The Hall–Kier alpha value is -4.67. The summed E-state index contributed by atoms with van der Waals surface area (Å²) in [6, 6.07) is 26.7. The summed E-state index contributed by atoms with van der Waals surface area (Å²) in [5.41, 5.74) is -1.07. The van der Waals surface area contributed by atoms with Crippen LogP contribution in [-0.2, 0) is 29.1 Å². The first-order valence-corrected chi connectivity index (χ1v) is 19.4. The number of carbonyl (C=O) groups is 1. The van der Waals surface area contributed by atoms with Crippen molar-refractivity contribution in [1.82, 2.24) is 14.2 Å². The van der Waals surface area contributed by atoms with Crippen LogP contribution in [-0.4, -0.2) is 84.5 Å². The third-order valence-electron chi connectivity index (χ3n) is 9.39. The average molecular weight is 773 g/mol. The van der Waals surface area contributed by atoms with Gasteiger partial charge in [0.1, 0.15) is 37.1 Å². The van der Waals surface area contributed by atoms with Gasteiger partial charge in [-0.2, -0.15) is 5.26 Å². The molecular formula is C41H49N4O9P. The summed E-state index contributed by atoms with van der Waals surface area (Å²) in [6.07, 6.45) is 0.344. The van der Waals surface area contributed by atoms with Crippen molar-refractivity contribution < 1.29 is 33.0 Å². The molecule has 5 rings (SSSR count). The zero-order chi connectivity index (χ0) is 39.8. The molecule has 2 heterocycles. The number of hydrogen-bond acceptors (Lipinski definition) is 11. The van der Waals surface area contributed by atoms with Crippen molar-refractivity contribution in [2.24, 2.45) is 0 Å². The number of nitriles is 1. The fraction of sp³-hybridized carbons (Fsp3) is 0.415. The fourth-order valence-corrected chi connectivity index (χ4v) is 8.92. The third-order valence-corrected chi connectivity index (χ3v) is 11.8. The Morgan fingerprint density at radius 1 is 0.945 bits per heavy atom.